The maximum Gasteiger partial charge on any atom is 0.272 e. The number of nitrogens with one attached hydrogen (secondary N) is 1. The fourth-order valence-corrected chi connectivity index (χ4v) is 3.04. The molecule has 0 unspecified atom stereocenters. The molecule has 1 aliphatic heterocycles. The van der Waals surface area contributed by atoms with Crippen molar-refractivity contribution in [2.75, 3.05) is 38.0 Å². The summed E-state index contributed by atoms with van der Waals surface area (Å²) in [5, 5.41) is 3.24. The van der Waals surface area contributed by atoms with E-state index in [9.17, 15) is 9.59 Å². The zero-order valence-electron chi connectivity index (χ0n) is 15.2. The summed E-state index contributed by atoms with van der Waals surface area (Å²) in [6.07, 6.45) is 1.63. The molecule has 0 aliphatic carbocycles. The highest BCUT2D eigenvalue weighted by Gasteiger charge is 2.22. The number of carbonyl (C=O) groups excluding carboxylic acids is 2. The molecule has 1 aliphatic rings. The van der Waals surface area contributed by atoms with E-state index in [1.54, 1.807) is 31.3 Å². The maximum atomic E-state index is 12.7. The molecule has 0 spiro atoms. The van der Waals surface area contributed by atoms with Gasteiger partial charge in [-0.2, -0.15) is 0 Å². The number of pyridine rings is 1. The first-order valence-electron chi connectivity index (χ1n) is 8.92. The number of nitrogens with zero attached hydrogens (tertiary/aromatic N) is 3. The van der Waals surface area contributed by atoms with Crippen molar-refractivity contribution >= 4 is 23.1 Å². The number of benzene rings is 1. The summed E-state index contributed by atoms with van der Waals surface area (Å²) in [7, 11) is 0. The molecule has 2 heterocycles. The van der Waals surface area contributed by atoms with Crippen LogP contribution in [0.25, 0.3) is 0 Å². The van der Waals surface area contributed by atoms with Gasteiger partial charge in [0.15, 0.2) is 5.78 Å². The number of rotatable bonds is 5. The maximum absolute atomic E-state index is 12.7. The van der Waals surface area contributed by atoms with Gasteiger partial charge in [-0.05, 0) is 37.7 Å². The molecule has 3 rings (SSSR count). The van der Waals surface area contributed by atoms with Gasteiger partial charge in [-0.15, -0.1) is 0 Å². The van der Waals surface area contributed by atoms with Crippen molar-refractivity contribution in [2.45, 2.75) is 13.8 Å². The predicted molar refractivity (Wildman–Crippen MR) is 102 cm³/mol. The first-order chi connectivity index (χ1) is 12.6. The number of anilines is 2. The largest absolute Gasteiger partial charge is 0.355 e. The summed E-state index contributed by atoms with van der Waals surface area (Å²) in [5.41, 5.74) is 2.66. The zero-order valence-corrected chi connectivity index (χ0v) is 15.2. The lowest BCUT2D eigenvalue weighted by Gasteiger charge is -2.33. The van der Waals surface area contributed by atoms with E-state index >= 15 is 0 Å². The lowest BCUT2D eigenvalue weighted by molar-refractivity contribution is 0.0637. The van der Waals surface area contributed by atoms with Gasteiger partial charge in [0.05, 0.1) is 0 Å². The highest BCUT2D eigenvalue weighted by atomic mass is 16.2. The van der Waals surface area contributed by atoms with Crippen molar-refractivity contribution in [2.24, 2.45) is 0 Å². The highest BCUT2D eigenvalue weighted by molar-refractivity contribution is 5.95. The second-order valence-corrected chi connectivity index (χ2v) is 6.42. The third-order valence-electron chi connectivity index (χ3n) is 4.64. The normalized spacial score (nSPS) is 14.9. The molecular weight excluding hydrogens is 328 g/mol. The van der Waals surface area contributed by atoms with Gasteiger partial charge < -0.3 is 15.1 Å². The minimum absolute atomic E-state index is 0.0190. The van der Waals surface area contributed by atoms with E-state index in [2.05, 4.69) is 22.1 Å². The number of Topliss-reactive ketones (excluding diaryl/α,β-unsaturated/α-hetero) is 1. The summed E-state index contributed by atoms with van der Waals surface area (Å²) in [6, 6.07) is 10.9. The van der Waals surface area contributed by atoms with Gasteiger partial charge in [0, 0.05) is 49.3 Å². The molecule has 6 heteroatoms. The van der Waals surface area contributed by atoms with Crippen molar-refractivity contribution in [1.29, 1.82) is 0 Å². The number of ketones is 1. The van der Waals surface area contributed by atoms with Gasteiger partial charge >= 0.3 is 0 Å². The van der Waals surface area contributed by atoms with Gasteiger partial charge in [0.1, 0.15) is 5.69 Å². The van der Waals surface area contributed by atoms with Crippen molar-refractivity contribution in [1.82, 2.24) is 14.8 Å². The summed E-state index contributed by atoms with van der Waals surface area (Å²) in [5.74, 6) is -0.0210. The first kappa shape index (κ1) is 18.1. The molecule has 0 saturated carbocycles. The van der Waals surface area contributed by atoms with Crippen LogP contribution in [0.5, 0.6) is 0 Å². The summed E-state index contributed by atoms with van der Waals surface area (Å²) in [6.45, 7) is 7.95. The number of amides is 1. The Morgan fingerprint density at radius 1 is 1.08 bits per heavy atom. The second-order valence-electron chi connectivity index (χ2n) is 6.42. The Morgan fingerprint density at radius 3 is 2.50 bits per heavy atom. The van der Waals surface area contributed by atoms with Crippen molar-refractivity contribution in [3.8, 4) is 0 Å². The van der Waals surface area contributed by atoms with Gasteiger partial charge in [-0.25, -0.2) is 0 Å². The summed E-state index contributed by atoms with van der Waals surface area (Å²) in [4.78, 5) is 32.7. The van der Waals surface area contributed by atoms with Crippen LogP contribution in [0.2, 0.25) is 0 Å². The van der Waals surface area contributed by atoms with Crippen LogP contribution >= 0.6 is 0 Å². The number of hydrogen-bond acceptors (Lipinski definition) is 5. The molecule has 26 heavy (non-hydrogen) atoms. The minimum Gasteiger partial charge on any atom is -0.355 e. The Balaban J connectivity index is 1.71. The standard InChI is InChI=1S/C20H24N4O2/c1-3-23-9-11-24(12-10-23)20(26)19-14-18(7-8-21-19)22-17-6-4-5-16(13-17)15(2)25/h4-8,13-14H,3,9-12H2,1-2H3,(H,21,22). The molecule has 2 aromatic rings. The van der Waals surface area contributed by atoms with Crippen molar-refractivity contribution in [3.63, 3.8) is 0 Å². The molecule has 1 aromatic carbocycles. The lowest BCUT2D eigenvalue weighted by Crippen LogP contribution is -2.48. The fourth-order valence-electron chi connectivity index (χ4n) is 3.04. The molecular formula is C20H24N4O2. The van der Waals surface area contributed by atoms with Crippen LogP contribution in [0.3, 0.4) is 0 Å². The smallest absolute Gasteiger partial charge is 0.272 e. The molecule has 1 aromatic heterocycles. The summed E-state index contributed by atoms with van der Waals surface area (Å²) >= 11 is 0. The Bertz CT molecular complexity index is 798. The van der Waals surface area contributed by atoms with E-state index in [0.717, 1.165) is 44.1 Å². The summed E-state index contributed by atoms with van der Waals surface area (Å²) < 4.78 is 0. The lowest BCUT2D eigenvalue weighted by atomic mass is 10.1. The van der Waals surface area contributed by atoms with Crippen LogP contribution in [-0.2, 0) is 0 Å². The SMILES string of the molecule is CCN1CCN(C(=O)c2cc(Nc3cccc(C(C)=O)c3)ccn2)CC1. The van der Waals surface area contributed by atoms with E-state index in [1.807, 2.05) is 23.1 Å². The van der Waals surface area contributed by atoms with E-state index in [0.29, 0.717) is 11.3 Å². The van der Waals surface area contributed by atoms with Crippen molar-refractivity contribution < 1.29 is 9.59 Å². The molecule has 1 saturated heterocycles. The van der Waals surface area contributed by atoms with E-state index < -0.39 is 0 Å². The monoisotopic (exact) mass is 352 g/mol. The Kier molecular flexibility index (Phi) is 5.63. The molecule has 0 atom stereocenters. The molecule has 1 amide bonds. The van der Waals surface area contributed by atoms with Crippen LogP contribution in [0, 0.1) is 0 Å². The number of piperazine rings is 1. The number of aromatic nitrogens is 1. The van der Waals surface area contributed by atoms with Crippen LogP contribution in [-0.4, -0.2) is 59.2 Å². The van der Waals surface area contributed by atoms with E-state index in [1.165, 1.54) is 0 Å². The van der Waals surface area contributed by atoms with Crippen LogP contribution in [0.1, 0.15) is 34.7 Å². The number of likely N-dealkylation sites (N-methyl/N-ethyl adjacent to an activating group) is 1. The number of hydrogen-bond donors (Lipinski definition) is 1. The highest BCUT2D eigenvalue weighted by Crippen LogP contribution is 2.19. The fraction of sp³-hybridized carbons (Fsp3) is 0.350. The average Bonchev–Trinajstić information content (AvgIpc) is 2.68. The second kappa shape index (κ2) is 8.10. The first-order valence-corrected chi connectivity index (χ1v) is 8.92. The Labute approximate surface area is 153 Å². The van der Waals surface area contributed by atoms with Crippen LogP contribution < -0.4 is 5.32 Å². The predicted octanol–water partition coefficient (Wildman–Crippen LogP) is 2.81. The van der Waals surface area contributed by atoms with Crippen LogP contribution in [0.4, 0.5) is 11.4 Å². The molecule has 0 bridgehead atoms. The van der Waals surface area contributed by atoms with Gasteiger partial charge in [-0.1, -0.05) is 19.1 Å². The Hall–Kier alpha value is -2.73. The van der Waals surface area contributed by atoms with Crippen molar-refractivity contribution in [3.05, 3.63) is 53.9 Å². The van der Waals surface area contributed by atoms with Gasteiger partial charge in [-0.3, -0.25) is 14.6 Å². The molecule has 136 valence electrons. The molecule has 1 N–H and O–H groups in total. The Morgan fingerprint density at radius 2 is 1.81 bits per heavy atom. The van der Waals surface area contributed by atoms with Gasteiger partial charge in [0.2, 0.25) is 0 Å². The third-order valence-corrected chi connectivity index (χ3v) is 4.64. The van der Waals surface area contributed by atoms with Gasteiger partial charge in [0.25, 0.3) is 5.91 Å². The van der Waals surface area contributed by atoms with E-state index in [4.69, 9.17) is 0 Å². The quantitative estimate of drug-likeness (QED) is 0.838. The average molecular weight is 352 g/mol. The molecule has 0 radical (unpaired) electrons. The minimum atomic E-state index is -0.0399. The van der Waals surface area contributed by atoms with Crippen LogP contribution in [0.15, 0.2) is 42.6 Å². The van der Waals surface area contributed by atoms with E-state index in [-0.39, 0.29) is 11.7 Å². The topological polar surface area (TPSA) is 65.5 Å². The third kappa shape index (κ3) is 4.26. The number of carbonyl (C=O) groups is 2. The zero-order chi connectivity index (χ0) is 18.5. The molecule has 6 nitrogen and oxygen atoms in total. The molecule has 1 fully saturated rings.